The zero-order chi connectivity index (χ0) is 14.7. The maximum absolute atomic E-state index is 6.18. The summed E-state index contributed by atoms with van der Waals surface area (Å²) in [5.41, 5.74) is 1.57. The summed E-state index contributed by atoms with van der Waals surface area (Å²) < 4.78 is 7.33. The summed E-state index contributed by atoms with van der Waals surface area (Å²) in [6.45, 7) is 4.13. The van der Waals surface area contributed by atoms with E-state index in [0.717, 1.165) is 17.6 Å². The Morgan fingerprint density at radius 3 is 2.90 bits per heavy atom. The number of benzene rings is 1. The van der Waals surface area contributed by atoms with Gasteiger partial charge in [0.05, 0.1) is 5.60 Å². The molecule has 0 amide bonds. The molecule has 2 saturated heterocycles. The van der Waals surface area contributed by atoms with Crippen molar-refractivity contribution in [1.29, 1.82) is 0 Å². The van der Waals surface area contributed by atoms with E-state index in [-0.39, 0.29) is 5.60 Å². The van der Waals surface area contributed by atoms with E-state index >= 15 is 0 Å². The first-order chi connectivity index (χ1) is 10.2. The van der Waals surface area contributed by atoms with Crippen LogP contribution in [0.5, 0.6) is 0 Å². The number of nitrogens with one attached hydrogen (secondary N) is 1. The summed E-state index contributed by atoms with van der Waals surface area (Å²) in [6.07, 6.45) is 3.60. The molecule has 1 aromatic carbocycles. The smallest absolute Gasteiger partial charge is 0.0783 e. The lowest BCUT2D eigenvalue weighted by Gasteiger charge is -2.41. The van der Waals surface area contributed by atoms with Crippen LogP contribution in [0.3, 0.4) is 0 Å². The second-order valence-corrected chi connectivity index (χ2v) is 8.19. The molecular weight excluding hydrogens is 346 g/mol. The monoisotopic (exact) mass is 369 g/mol. The van der Waals surface area contributed by atoms with E-state index < -0.39 is 0 Å². The fourth-order valence-corrected chi connectivity index (χ4v) is 5.30. The summed E-state index contributed by atoms with van der Waals surface area (Å²) in [6, 6.07) is 9.26. The molecule has 1 aromatic rings. The van der Waals surface area contributed by atoms with Crippen LogP contribution in [0, 0.1) is 5.92 Å². The van der Waals surface area contributed by atoms with Crippen molar-refractivity contribution in [2.24, 2.45) is 5.92 Å². The van der Waals surface area contributed by atoms with Crippen LogP contribution in [-0.4, -0.2) is 30.3 Å². The van der Waals surface area contributed by atoms with Gasteiger partial charge in [0.2, 0.25) is 0 Å². The first kappa shape index (κ1) is 15.9. The van der Waals surface area contributed by atoms with E-state index in [1.54, 1.807) is 0 Å². The molecule has 2 aliphatic heterocycles. The van der Waals surface area contributed by atoms with Crippen LogP contribution in [0.25, 0.3) is 0 Å². The van der Waals surface area contributed by atoms with E-state index in [4.69, 9.17) is 4.74 Å². The van der Waals surface area contributed by atoms with Crippen molar-refractivity contribution in [3.63, 3.8) is 0 Å². The number of hydrogen-bond donors (Lipinski definition) is 1. The predicted octanol–water partition coefficient (Wildman–Crippen LogP) is 4.40. The van der Waals surface area contributed by atoms with Crippen molar-refractivity contribution < 1.29 is 4.74 Å². The van der Waals surface area contributed by atoms with E-state index in [9.17, 15) is 0 Å². The van der Waals surface area contributed by atoms with Crippen LogP contribution in [-0.2, 0) is 4.74 Å². The van der Waals surface area contributed by atoms with Gasteiger partial charge >= 0.3 is 0 Å². The van der Waals surface area contributed by atoms with Gasteiger partial charge in [0.1, 0.15) is 0 Å². The molecule has 3 atom stereocenters. The van der Waals surface area contributed by atoms with E-state index in [0.29, 0.717) is 12.0 Å². The lowest BCUT2D eigenvalue weighted by molar-refractivity contribution is -0.0853. The molecule has 3 unspecified atom stereocenters. The molecule has 2 fully saturated rings. The normalized spacial score (nSPS) is 30.7. The van der Waals surface area contributed by atoms with Crippen LogP contribution in [0.1, 0.15) is 37.8 Å². The molecule has 1 N–H and O–H groups in total. The van der Waals surface area contributed by atoms with Gasteiger partial charge in [-0.25, -0.2) is 0 Å². The van der Waals surface area contributed by atoms with Gasteiger partial charge in [-0.15, -0.1) is 0 Å². The van der Waals surface area contributed by atoms with Crippen molar-refractivity contribution >= 4 is 27.7 Å². The van der Waals surface area contributed by atoms with Crippen molar-refractivity contribution in [2.75, 3.05) is 24.7 Å². The molecule has 116 valence electrons. The minimum Gasteiger partial charge on any atom is -0.374 e. The Labute approximate surface area is 140 Å². The molecule has 1 spiro atoms. The Kier molecular flexibility index (Phi) is 5.31. The number of thioether (sulfide) groups is 1. The Morgan fingerprint density at radius 1 is 1.43 bits per heavy atom. The third-order valence-corrected chi connectivity index (χ3v) is 6.47. The van der Waals surface area contributed by atoms with Gasteiger partial charge in [-0.1, -0.05) is 35.0 Å². The summed E-state index contributed by atoms with van der Waals surface area (Å²) in [5, 5.41) is 3.72. The number of hydrogen-bond acceptors (Lipinski definition) is 3. The third kappa shape index (κ3) is 3.66. The van der Waals surface area contributed by atoms with E-state index in [1.165, 1.54) is 36.3 Å². The molecule has 0 radical (unpaired) electrons. The van der Waals surface area contributed by atoms with Crippen molar-refractivity contribution in [3.05, 3.63) is 34.3 Å². The fourth-order valence-electron chi connectivity index (χ4n) is 3.66. The molecular formula is C17H24BrNOS. The minimum absolute atomic E-state index is 0.163. The van der Waals surface area contributed by atoms with Crippen molar-refractivity contribution in [1.82, 2.24) is 5.32 Å². The third-order valence-electron chi connectivity index (χ3n) is 4.72. The van der Waals surface area contributed by atoms with Gasteiger partial charge in [-0.3, -0.25) is 0 Å². The number of ether oxygens (including phenoxy) is 1. The Balaban J connectivity index is 1.78. The van der Waals surface area contributed by atoms with E-state index in [1.807, 2.05) is 0 Å². The maximum Gasteiger partial charge on any atom is 0.0783 e. The molecule has 2 heterocycles. The van der Waals surface area contributed by atoms with Crippen molar-refractivity contribution in [3.8, 4) is 0 Å². The van der Waals surface area contributed by atoms with Crippen LogP contribution >= 0.6 is 27.7 Å². The van der Waals surface area contributed by atoms with Crippen LogP contribution in [0.15, 0.2) is 28.7 Å². The predicted molar refractivity (Wildman–Crippen MR) is 93.9 cm³/mol. The minimum atomic E-state index is 0.163. The highest BCUT2D eigenvalue weighted by atomic mass is 79.9. The second-order valence-electron chi connectivity index (χ2n) is 6.17. The zero-order valence-corrected chi connectivity index (χ0v) is 15.0. The molecule has 3 rings (SSSR count). The van der Waals surface area contributed by atoms with Crippen molar-refractivity contribution in [2.45, 2.75) is 37.8 Å². The lowest BCUT2D eigenvalue weighted by Crippen LogP contribution is -2.43. The first-order valence-corrected chi connectivity index (χ1v) is 9.88. The van der Waals surface area contributed by atoms with Crippen LogP contribution in [0.2, 0.25) is 0 Å². The summed E-state index contributed by atoms with van der Waals surface area (Å²) in [4.78, 5) is 0. The molecule has 0 aliphatic carbocycles. The molecule has 0 saturated carbocycles. The lowest BCUT2D eigenvalue weighted by atomic mass is 9.79. The molecule has 0 aromatic heterocycles. The fraction of sp³-hybridized carbons (Fsp3) is 0.647. The van der Waals surface area contributed by atoms with Gasteiger partial charge in [0, 0.05) is 22.9 Å². The van der Waals surface area contributed by atoms with Gasteiger partial charge in [-0.2, -0.15) is 11.8 Å². The quantitative estimate of drug-likeness (QED) is 0.849. The first-order valence-electron chi connectivity index (χ1n) is 7.93. The summed E-state index contributed by atoms with van der Waals surface area (Å²) in [5.74, 6) is 3.12. The SMILES string of the molecule is CCNC(c1ccc(Br)cc1)C1CCOC2(CCSC2)C1. The number of halogens is 1. The Morgan fingerprint density at radius 2 is 2.24 bits per heavy atom. The van der Waals surface area contributed by atoms with Gasteiger partial charge in [0.25, 0.3) is 0 Å². The molecule has 4 heteroatoms. The highest BCUT2D eigenvalue weighted by molar-refractivity contribution is 9.10. The average molecular weight is 370 g/mol. The second kappa shape index (κ2) is 7.03. The molecule has 0 bridgehead atoms. The molecule has 2 nitrogen and oxygen atoms in total. The largest absolute Gasteiger partial charge is 0.374 e. The molecule has 21 heavy (non-hydrogen) atoms. The topological polar surface area (TPSA) is 21.3 Å². The highest BCUT2D eigenvalue weighted by Crippen LogP contribution is 2.44. The van der Waals surface area contributed by atoms with E-state index in [2.05, 4.69) is 64.2 Å². The van der Waals surface area contributed by atoms with Gasteiger partial charge in [-0.05, 0) is 55.2 Å². The Bertz CT molecular complexity index is 458. The highest BCUT2D eigenvalue weighted by Gasteiger charge is 2.42. The zero-order valence-electron chi connectivity index (χ0n) is 12.6. The Hall–Kier alpha value is -0.0300. The van der Waals surface area contributed by atoms with Crippen LogP contribution in [0.4, 0.5) is 0 Å². The van der Waals surface area contributed by atoms with Crippen LogP contribution < -0.4 is 5.32 Å². The standard InChI is InChI=1S/C17H24BrNOS/c1-2-19-16(13-3-5-15(18)6-4-13)14-7-9-20-17(11-14)8-10-21-12-17/h3-6,14,16,19H,2,7-12H2,1H3. The van der Waals surface area contributed by atoms with Gasteiger partial charge < -0.3 is 10.1 Å². The molecule has 2 aliphatic rings. The van der Waals surface area contributed by atoms with Gasteiger partial charge in [0.15, 0.2) is 0 Å². The summed E-state index contributed by atoms with van der Waals surface area (Å²) >= 11 is 5.59. The maximum atomic E-state index is 6.18. The average Bonchev–Trinajstić information content (AvgIpc) is 2.94. The number of rotatable bonds is 4. The summed E-state index contributed by atoms with van der Waals surface area (Å²) in [7, 11) is 0.